The van der Waals surface area contributed by atoms with Gasteiger partial charge in [0, 0.05) is 38.5 Å². The van der Waals surface area contributed by atoms with Crippen LogP contribution >= 0.6 is 0 Å². The van der Waals surface area contributed by atoms with Crippen molar-refractivity contribution in [1.29, 1.82) is 0 Å². The van der Waals surface area contributed by atoms with Crippen LogP contribution < -0.4 is 10.6 Å². The van der Waals surface area contributed by atoms with Crippen LogP contribution in [-0.4, -0.2) is 31.8 Å². The highest BCUT2D eigenvalue weighted by Gasteiger charge is 2.16. The van der Waals surface area contributed by atoms with Gasteiger partial charge in [0.05, 0.1) is 6.61 Å². The SMILES string of the molecule is COCCN(CC(C)C)c1nccc(CN)c1F. The summed E-state index contributed by atoms with van der Waals surface area (Å²) in [6, 6.07) is 1.61. The summed E-state index contributed by atoms with van der Waals surface area (Å²) in [4.78, 5) is 6.04. The van der Waals surface area contributed by atoms with Gasteiger partial charge in [0.25, 0.3) is 0 Å². The number of methoxy groups -OCH3 is 1. The number of anilines is 1. The molecule has 4 nitrogen and oxygen atoms in total. The Morgan fingerprint density at radius 1 is 1.50 bits per heavy atom. The minimum atomic E-state index is -0.322. The van der Waals surface area contributed by atoms with Gasteiger partial charge in [-0.1, -0.05) is 13.8 Å². The Balaban J connectivity index is 2.96. The molecule has 102 valence electrons. The Bertz CT molecular complexity index is 371. The van der Waals surface area contributed by atoms with E-state index >= 15 is 0 Å². The molecule has 0 saturated carbocycles. The van der Waals surface area contributed by atoms with E-state index in [2.05, 4.69) is 18.8 Å². The van der Waals surface area contributed by atoms with Gasteiger partial charge in [-0.25, -0.2) is 9.37 Å². The van der Waals surface area contributed by atoms with Gasteiger partial charge in [0.15, 0.2) is 11.6 Å². The zero-order valence-electron chi connectivity index (χ0n) is 11.3. The zero-order valence-corrected chi connectivity index (χ0v) is 11.3. The highest BCUT2D eigenvalue weighted by Crippen LogP contribution is 2.20. The van der Waals surface area contributed by atoms with E-state index in [0.29, 0.717) is 30.5 Å². The van der Waals surface area contributed by atoms with Crippen molar-refractivity contribution in [3.63, 3.8) is 0 Å². The van der Waals surface area contributed by atoms with Crippen molar-refractivity contribution in [2.24, 2.45) is 11.7 Å². The van der Waals surface area contributed by atoms with E-state index in [9.17, 15) is 4.39 Å². The van der Waals surface area contributed by atoms with E-state index in [-0.39, 0.29) is 12.4 Å². The van der Waals surface area contributed by atoms with Crippen LogP contribution in [0.15, 0.2) is 12.3 Å². The molecule has 0 aliphatic rings. The van der Waals surface area contributed by atoms with Crippen molar-refractivity contribution in [2.45, 2.75) is 20.4 Å². The molecule has 0 spiro atoms. The second-order valence-corrected chi connectivity index (χ2v) is 4.64. The number of rotatable bonds is 7. The number of aromatic nitrogens is 1. The smallest absolute Gasteiger partial charge is 0.170 e. The Kier molecular flexibility index (Phi) is 6.01. The summed E-state index contributed by atoms with van der Waals surface area (Å²) in [6.45, 7) is 6.25. The van der Waals surface area contributed by atoms with Crippen LogP contribution in [0, 0.1) is 11.7 Å². The average Bonchev–Trinajstić information content (AvgIpc) is 2.34. The van der Waals surface area contributed by atoms with Gasteiger partial charge in [-0.3, -0.25) is 0 Å². The van der Waals surface area contributed by atoms with Crippen molar-refractivity contribution >= 4 is 5.82 Å². The van der Waals surface area contributed by atoms with Gasteiger partial charge in [0.2, 0.25) is 0 Å². The van der Waals surface area contributed by atoms with Crippen molar-refractivity contribution in [3.8, 4) is 0 Å². The molecule has 0 aromatic carbocycles. The van der Waals surface area contributed by atoms with Crippen LogP contribution in [0.1, 0.15) is 19.4 Å². The van der Waals surface area contributed by atoms with E-state index in [1.165, 1.54) is 0 Å². The summed E-state index contributed by atoms with van der Waals surface area (Å²) in [5.74, 6) is 0.463. The van der Waals surface area contributed by atoms with Crippen LogP contribution in [0.5, 0.6) is 0 Å². The molecular weight excluding hydrogens is 233 g/mol. The molecule has 18 heavy (non-hydrogen) atoms. The Labute approximate surface area is 108 Å². The molecule has 0 aliphatic carbocycles. The number of nitrogens with two attached hydrogens (primary N) is 1. The number of halogens is 1. The molecule has 0 radical (unpaired) electrons. The summed E-state index contributed by atoms with van der Waals surface area (Å²) in [5, 5.41) is 0. The number of hydrogen-bond acceptors (Lipinski definition) is 4. The molecule has 1 rings (SSSR count). The molecule has 0 bridgehead atoms. The Hall–Kier alpha value is -1.20. The molecule has 0 aliphatic heterocycles. The van der Waals surface area contributed by atoms with Gasteiger partial charge in [-0.05, 0) is 12.0 Å². The number of hydrogen-bond donors (Lipinski definition) is 1. The molecule has 2 N–H and O–H groups in total. The minimum Gasteiger partial charge on any atom is -0.383 e. The first-order chi connectivity index (χ1) is 8.60. The van der Waals surface area contributed by atoms with Gasteiger partial charge in [-0.2, -0.15) is 0 Å². The van der Waals surface area contributed by atoms with E-state index in [1.54, 1.807) is 19.4 Å². The van der Waals surface area contributed by atoms with Crippen molar-refractivity contribution in [3.05, 3.63) is 23.6 Å². The maximum absolute atomic E-state index is 14.2. The number of ether oxygens (including phenoxy) is 1. The fraction of sp³-hybridized carbons (Fsp3) is 0.615. The summed E-state index contributed by atoms with van der Waals surface area (Å²) < 4.78 is 19.2. The van der Waals surface area contributed by atoms with E-state index in [1.807, 2.05) is 4.90 Å². The third kappa shape index (κ3) is 3.92. The van der Waals surface area contributed by atoms with Gasteiger partial charge in [-0.15, -0.1) is 0 Å². The van der Waals surface area contributed by atoms with Crippen LogP contribution in [0.25, 0.3) is 0 Å². The predicted molar refractivity (Wildman–Crippen MR) is 71.0 cm³/mol. The average molecular weight is 255 g/mol. The van der Waals surface area contributed by atoms with Crippen LogP contribution in [0.4, 0.5) is 10.2 Å². The van der Waals surface area contributed by atoms with Gasteiger partial charge >= 0.3 is 0 Å². The first-order valence-electron chi connectivity index (χ1n) is 6.17. The second kappa shape index (κ2) is 7.28. The Morgan fingerprint density at radius 2 is 2.22 bits per heavy atom. The predicted octanol–water partition coefficient (Wildman–Crippen LogP) is 1.79. The lowest BCUT2D eigenvalue weighted by atomic mass is 10.2. The van der Waals surface area contributed by atoms with Crippen LogP contribution in [-0.2, 0) is 11.3 Å². The summed E-state index contributed by atoms with van der Waals surface area (Å²) in [6.07, 6.45) is 1.60. The summed E-state index contributed by atoms with van der Waals surface area (Å²) >= 11 is 0. The fourth-order valence-corrected chi connectivity index (χ4v) is 1.78. The van der Waals surface area contributed by atoms with Gasteiger partial charge < -0.3 is 15.4 Å². The molecule has 1 heterocycles. The van der Waals surface area contributed by atoms with E-state index in [4.69, 9.17) is 10.5 Å². The van der Waals surface area contributed by atoms with Crippen molar-refractivity contribution < 1.29 is 9.13 Å². The quantitative estimate of drug-likeness (QED) is 0.807. The monoisotopic (exact) mass is 255 g/mol. The maximum Gasteiger partial charge on any atom is 0.170 e. The molecule has 0 unspecified atom stereocenters. The topological polar surface area (TPSA) is 51.4 Å². The second-order valence-electron chi connectivity index (χ2n) is 4.64. The summed E-state index contributed by atoms with van der Waals surface area (Å²) in [5.41, 5.74) is 6.00. The maximum atomic E-state index is 14.2. The molecule has 0 amide bonds. The zero-order chi connectivity index (χ0) is 13.5. The first-order valence-corrected chi connectivity index (χ1v) is 6.17. The normalized spacial score (nSPS) is 11.0. The lowest BCUT2D eigenvalue weighted by molar-refractivity contribution is 0.204. The lowest BCUT2D eigenvalue weighted by Gasteiger charge is -2.26. The van der Waals surface area contributed by atoms with E-state index < -0.39 is 0 Å². The Morgan fingerprint density at radius 3 is 2.78 bits per heavy atom. The van der Waals surface area contributed by atoms with Crippen LogP contribution in [0.3, 0.4) is 0 Å². The van der Waals surface area contributed by atoms with Crippen molar-refractivity contribution in [1.82, 2.24) is 4.98 Å². The summed E-state index contributed by atoms with van der Waals surface area (Å²) in [7, 11) is 1.63. The standard InChI is InChI=1S/C13H22FN3O/c1-10(2)9-17(6-7-18-3)13-12(14)11(8-15)4-5-16-13/h4-5,10H,6-9,15H2,1-3H3. The molecule has 1 aromatic rings. The highest BCUT2D eigenvalue weighted by atomic mass is 19.1. The molecular formula is C13H22FN3O. The lowest BCUT2D eigenvalue weighted by Crippen LogP contribution is -2.32. The molecule has 1 aromatic heterocycles. The number of nitrogens with zero attached hydrogens (tertiary/aromatic N) is 2. The fourth-order valence-electron chi connectivity index (χ4n) is 1.78. The third-order valence-electron chi connectivity index (χ3n) is 2.62. The highest BCUT2D eigenvalue weighted by molar-refractivity contribution is 5.43. The van der Waals surface area contributed by atoms with Gasteiger partial charge in [0.1, 0.15) is 0 Å². The number of pyridine rings is 1. The molecule has 0 saturated heterocycles. The molecule has 5 heteroatoms. The van der Waals surface area contributed by atoms with E-state index in [0.717, 1.165) is 6.54 Å². The largest absolute Gasteiger partial charge is 0.383 e. The van der Waals surface area contributed by atoms with Crippen molar-refractivity contribution in [2.75, 3.05) is 31.7 Å². The molecule has 0 atom stereocenters. The first kappa shape index (κ1) is 14.9. The van der Waals surface area contributed by atoms with Crippen LogP contribution in [0.2, 0.25) is 0 Å². The minimum absolute atomic E-state index is 0.182. The molecule has 0 fully saturated rings. The third-order valence-corrected chi connectivity index (χ3v) is 2.62.